The Labute approximate surface area is 68.5 Å². The molecule has 1 rings (SSSR count). The van der Waals surface area contributed by atoms with Crippen LogP contribution in [0.3, 0.4) is 0 Å². The first kappa shape index (κ1) is 8.98. The van der Waals surface area contributed by atoms with Crippen LogP contribution in [0.1, 0.15) is 5.56 Å². The summed E-state index contributed by atoms with van der Waals surface area (Å²) in [6.45, 7) is 0. The Bertz CT molecular complexity index is 150. The molecule has 9 heavy (non-hydrogen) atoms. The fourth-order valence-corrected chi connectivity index (χ4v) is 1.27. The van der Waals surface area contributed by atoms with Crippen LogP contribution in [0.5, 0.6) is 0 Å². The molecule has 2 N–H and O–H groups in total. The van der Waals surface area contributed by atoms with Crippen LogP contribution in [-0.2, 0) is 4.44 Å². The summed E-state index contributed by atoms with van der Waals surface area (Å²) >= 11 is 1.59. The van der Waals surface area contributed by atoms with Crippen molar-refractivity contribution in [2.75, 3.05) is 0 Å². The molecule has 0 spiro atoms. The maximum absolute atomic E-state index is 2.16. The molecule has 0 aliphatic heterocycles. The van der Waals surface area contributed by atoms with Crippen LogP contribution in [0.15, 0.2) is 30.3 Å². The van der Waals surface area contributed by atoms with Crippen LogP contribution < -0.4 is 0 Å². The van der Waals surface area contributed by atoms with Gasteiger partial charge in [0.1, 0.15) is 0 Å². The van der Waals surface area contributed by atoms with Gasteiger partial charge in [-0.3, -0.25) is 0 Å². The van der Waals surface area contributed by atoms with E-state index in [-0.39, 0.29) is 5.48 Å². The quantitative estimate of drug-likeness (QED) is 0.628. The predicted molar refractivity (Wildman–Crippen MR) is 39.5 cm³/mol. The Morgan fingerprint density at radius 3 is 2.00 bits per heavy atom. The van der Waals surface area contributed by atoms with Gasteiger partial charge in [0, 0.05) is 0 Å². The normalized spacial score (nSPS) is 8.11. The summed E-state index contributed by atoms with van der Waals surface area (Å²) in [5.41, 5.74) is 1.45. The molecule has 0 atom stereocenters. The molecule has 0 aliphatic rings. The number of benzene rings is 1. The Morgan fingerprint density at radius 1 is 1.11 bits per heavy atom. The first-order chi connectivity index (χ1) is 3.93. The molecular weight excluding hydrogens is 219 g/mol. The first-order valence-corrected chi connectivity index (χ1v) is 4.64. The monoisotopic (exact) mass is 229 g/mol. The van der Waals surface area contributed by atoms with Crippen molar-refractivity contribution in [3.05, 3.63) is 35.9 Å². The predicted octanol–water partition coefficient (Wildman–Crippen LogP) is 0.530. The molecule has 0 bridgehead atoms. The molecule has 0 saturated heterocycles. The SMILES string of the molecule is O.[Sn][CH2]c1ccccc1. The van der Waals surface area contributed by atoms with E-state index in [2.05, 4.69) is 30.3 Å². The molecule has 2 heteroatoms. The minimum atomic E-state index is 0. The summed E-state index contributed by atoms with van der Waals surface area (Å²) in [7, 11) is 0. The van der Waals surface area contributed by atoms with Gasteiger partial charge in [-0.15, -0.1) is 0 Å². The van der Waals surface area contributed by atoms with E-state index in [0.717, 1.165) is 0 Å². The van der Waals surface area contributed by atoms with Crippen molar-refractivity contribution in [2.45, 2.75) is 4.44 Å². The molecule has 0 unspecified atom stereocenters. The topological polar surface area (TPSA) is 31.5 Å². The van der Waals surface area contributed by atoms with Gasteiger partial charge in [-0.1, -0.05) is 0 Å². The summed E-state index contributed by atoms with van der Waals surface area (Å²) in [4.78, 5) is 0. The van der Waals surface area contributed by atoms with Crippen LogP contribution in [0, 0.1) is 0 Å². The van der Waals surface area contributed by atoms with Crippen molar-refractivity contribution in [2.24, 2.45) is 0 Å². The zero-order chi connectivity index (χ0) is 5.82. The third kappa shape index (κ3) is 2.86. The first-order valence-electron chi connectivity index (χ1n) is 2.62. The third-order valence-electron chi connectivity index (χ3n) is 1.05. The summed E-state index contributed by atoms with van der Waals surface area (Å²) < 4.78 is 1.23. The Hall–Kier alpha value is -0.0213. The average molecular weight is 228 g/mol. The minimum absolute atomic E-state index is 0. The van der Waals surface area contributed by atoms with E-state index in [1.54, 1.807) is 22.5 Å². The molecule has 0 heterocycles. The molecule has 0 amide bonds. The number of hydrogen-bond donors (Lipinski definition) is 0. The van der Waals surface area contributed by atoms with Gasteiger partial charge in [-0.05, 0) is 0 Å². The number of rotatable bonds is 1. The van der Waals surface area contributed by atoms with Gasteiger partial charge in [0.2, 0.25) is 0 Å². The summed E-state index contributed by atoms with van der Waals surface area (Å²) in [5.74, 6) is 0. The molecule has 0 aromatic heterocycles. The van der Waals surface area contributed by atoms with Crippen molar-refractivity contribution >= 4 is 22.5 Å². The van der Waals surface area contributed by atoms with E-state index in [4.69, 9.17) is 0 Å². The molecule has 1 nitrogen and oxygen atoms in total. The zero-order valence-electron chi connectivity index (χ0n) is 5.09. The van der Waals surface area contributed by atoms with E-state index < -0.39 is 0 Å². The molecule has 47 valence electrons. The van der Waals surface area contributed by atoms with E-state index in [0.29, 0.717) is 0 Å². The van der Waals surface area contributed by atoms with Crippen molar-refractivity contribution < 1.29 is 5.48 Å². The van der Waals surface area contributed by atoms with Crippen LogP contribution in [0.2, 0.25) is 0 Å². The van der Waals surface area contributed by atoms with Crippen molar-refractivity contribution in [1.29, 1.82) is 0 Å². The fraction of sp³-hybridized carbons (Fsp3) is 0.143. The van der Waals surface area contributed by atoms with Gasteiger partial charge in [0.15, 0.2) is 0 Å². The molecule has 1 aromatic carbocycles. The molecule has 3 radical (unpaired) electrons. The fourth-order valence-electron chi connectivity index (χ4n) is 0.596. The second kappa shape index (κ2) is 4.82. The summed E-state index contributed by atoms with van der Waals surface area (Å²) in [6, 6.07) is 10.5. The Morgan fingerprint density at radius 2 is 1.67 bits per heavy atom. The van der Waals surface area contributed by atoms with Gasteiger partial charge in [-0.2, -0.15) is 0 Å². The van der Waals surface area contributed by atoms with E-state index in [1.807, 2.05) is 0 Å². The molecule has 0 aliphatic carbocycles. The van der Waals surface area contributed by atoms with Crippen molar-refractivity contribution in [3.8, 4) is 0 Å². The van der Waals surface area contributed by atoms with Gasteiger partial charge in [-0.25, -0.2) is 0 Å². The standard InChI is InChI=1S/C7H7.H2O.Sn/c1-7-5-3-2-4-6-7;;/h2-6H,1H2;1H2;. The van der Waals surface area contributed by atoms with Crippen LogP contribution in [-0.4, -0.2) is 28.0 Å². The van der Waals surface area contributed by atoms with Crippen molar-refractivity contribution in [3.63, 3.8) is 0 Å². The second-order valence-corrected chi connectivity index (χ2v) is 2.67. The van der Waals surface area contributed by atoms with E-state index >= 15 is 0 Å². The van der Waals surface area contributed by atoms with E-state index in [9.17, 15) is 0 Å². The van der Waals surface area contributed by atoms with Crippen molar-refractivity contribution in [1.82, 2.24) is 0 Å². The summed E-state index contributed by atoms with van der Waals surface area (Å²) in [6.07, 6.45) is 0. The third-order valence-corrected chi connectivity index (χ3v) is 2.21. The van der Waals surface area contributed by atoms with E-state index in [1.165, 1.54) is 10.0 Å². The zero-order valence-corrected chi connectivity index (χ0v) is 7.95. The Kier molecular flexibility index (Phi) is 4.81. The van der Waals surface area contributed by atoms with Gasteiger partial charge in [0.05, 0.1) is 0 Å². The molecular formula is C7H9OSn. The van der Waals surface area contributed by atoms with Crippen LogP contribution >= 0.6 is 0 Å². The van der Waals surface area contributed by atoms with Crippen LogP contribution in [0.25, 0.3) is 0 Å². The molecule has 0 saturated carbocycles. The number of hydrogen-bond acceptors (Lipinski definition) is 0. The van der Waals surface area contributed by atoms with Gasteiger partial charge >= 0.3 is 62.9 Å². The van der Waals surface area contributed by atoms with Gasteiger partial charge in [0.25, 0.3) is 0 Å². The average Bonchev–Trinajstić information content (AvgIpc) is 1.90. The maximum atomic E-state index is 2.16. The molecule has 1 aromatic rings. The van der Waals surface area contributed by atoms with Crippen LogP contribution in [0.4, 0.5) is 0 Å². The van der Waals surface area contributed by atoms with Gasteiger partial charge < -0.3 is 5.48 Å². The molecule has 0 fully saturated rings. The Balaban J connectivity index is 0.000000640. The second-order valence-electron chi connectivity index (χ2n) is 1.66. The summed E-state index contributed by atoms with van der Waals surface area (Å²) in [5, 5.41) is 0.